The highest BCUT2D eigenvalue weighted by molar-refractivity contribution is 7.08. The summed E-state index contributed by atoms with van der Waals surface area (Å²) in [5.74, 6) is 0.603. The molecule has 1 aliphatic heterocycles. The number of amides is 1. The van der Waals surface area contributed by atoms with E-state index in [9.17, 15) is 9.59 Å². The number of ketones is 1. The van der Waals surface area contributed by atoms with Crippen molar-refractivity contribution in [2.75, 3.05) is 6.54 Å². The molecule has 21 heavy (non-hydrogen) atoms. The van der Waals surface area contributed by atoms with Gasteiger partial charge in [0.25, 0.3) is 5.91 Å². The lowest BCUT2D eigenvalue weighted by Gasteiger charge is -2.41. The molecule has 2 atom stereocenters. The zero-order valence-corrected chi connectivity index (χ0v) is 13.5. The van der Waals surface area contributed by atoms with E-state index in [1.807, 2.05) is 22.6 Å². The van der Waals surface area contributed by atoms with Gasteiger partial charge in [0.1, 0.15) is 5.78 Å². The molecule has 0 radical (unpaired) electrons. The van der Waals surface area contributed by atoms with Gasteiger partial charge in [-0.15, -0.1) is 0 Å². The van der Waals surface area contributed by atoms with Crippen molar-refractivity contribution in [2.24, 2.45) is 5.92 Å². The lowest BCUT2D eigenvalue weighted by atomic mass is 9.79. The van der Waals surface area contributed by atoms with Crippen molar-refractivity contribution in [3.8, 4) is 0 Å². The van der Waals surface area contributed by atoms with Crippen LogP contribution in [0.15, 0.2) is 10.8 Å². The molecule has 1 saturated heterocycles. The van der Waals surface area contributed by atoms with Gasteiger partial charge in [-0.25, -0.2) is 0 Å². The van der Waals surface area contributed by atoms with E-state index in [4.69, 9.17) is 0 Å². The standard InChI is InChI=1S/C17H23NO2S/c1-12-10-21-11-14(12)17(20)18-9-5-4-7-15(18)13-6-2-3-8-16(13)19/h10-11,13,15H,2-9H2,1H3. The second kappa shape index (κ2) is 6.30. The predicted octanol–water partition coefficient (Wildman–Crippen LogP) is 3.81. The van der Waals surface area contributed by atoms with Gasteiger partial charge in [0, 0.05) is 30.3 Å². The highest BCUT2D eigenvalue weighted by Crippen LogP contribution is 2.33. The van der Waals surface area contributed by atoms with Gasteiger partial charge < -0.3 is 4.90 Å². The molecule has 1 amide bonds. The first-order chi connectivity index (χ1) is 10.2. The van der Waals surface area contributed by atoms with Gasteiger partial charge in [0.05, 0.1) is 5.56 Å². The smallest absolute Gasteiger partial charge is 0.255 e. The fraction of sp³-hybridized carbons (Fsp3) is 0.647. The predicted molar refractivity (Wildman–Crippen MR) is 84.7 cm³/mol. The third kappa shape index (κ3) is 2.91. The summed E-state index contributed by atoms with van der Waals surface area (Å²) in [7, 11) is 0. The lowest BCUT2D eigenvalue weighted by Crippen LogP contribution is -2.50. The summed E-state index contributed by atoms with van der Waals surface area (Å²) >= 11 is 1.58. The molecule has 0 bridgehead atoms. The number of rotatable bonds is 2. The molecular weight excluding hydrogens is 282 g/mol. The Labute approximate surface area is 130 Å². The van der Waals surface area contributed by atoms with Crippen LogP contribution in [0.1, 0.15) is 60.9 Å². The molecule has 3 nitrogen and oxygen atoms in total. The van der Waals surface area contributed by atoms with E-state index < -0.39 is 0 Å². The number of hydrogen-bond donors (Lipinski definition) is 0. The highest BCUT2D eigenvalue weighted by atomic mass is 32.1. The van der Waals surface area contributed by atoms with Crippen molar-refractivity contribution >= 4 is 23.0 Å². The molecule has 1 aromatic rings. The number of thiophene rings is 1. The van der Waals surface area contributed by atoms with Gasteiger partial charge >= 0.3 is 0 Å². The molecule has 1 saturated carbocycles. The maximum absolute atomic E-state index is 12.9. The summed E-state index contributed by atoms with van der Waals surface area (Å²) in [6.45, 7) is 2.80. The molecule has 4 heteroatoms. The van der Waals surface area contributed by atoms with E-state index in [2.05, 4.69) is 0 Å². The van der Waals surface area contributed by atoms with Crippen molar-refractivity contribution in [3.05, 3.63) is 21.9 Å². The van der Waals surface area contributed by atoms with E-state index in [-0.39, 0.29) is 17.9 Å². The number of likely N-dealkylation sites (tertiary alicyclic amines) is 1. The minimum atomic E-state index is 0.0851. The molecule has 114 valence electrons. The van der Waals surface area contributed by atoms with Crippen LogP contribution in [0.4, 0.5) is 0 Å². The minimum absolute atomic E-state index is 0.0851. The highest BCUT2D eigenvalue weighted by Gasteiger charge is 2.38. The zero-order valence-electron chi connectivity index (χ0n) is 12.6. The molecule has 2 unspecified atom stereocenters. The normalized spacial score (nSPS) is 26.9. The average Bonchev–Trinajstić information content (AvgIpc) is 2.93. The zero-order chi connectivity index (χ0) is 14.8. The SMILES string of the molecule is Cc1cscc1C(=O)N1CCCCC1C1CCCCC1=O. The van der Waals surface area contributed by atoms with Gasteiger partial charge in [0.2, 0.25) is 0 Å². The fourth-order valence-electron chi connectivity index (χ4n) is 3.78. The molecule has 2 aliphatic rings. The number of Topliss-reactive ketones (excluding diaryl/α,β-unsaturated/α-hetero) is 1. The third-order valence-electron chi connectivity index (χ3n) is 4.96. The van der Waals surface area contributed by atoms with Crippen molar-refractivity contribution in [1.82, 2.24) is 4.90 Å². The van der Waals surface area contributed by atoms with Gasteiger partial charge in [-0.2, -0.15) is 11.3 Å². The van der Waals surface area contributed by atoms with Crippen LogP contribution >= 0.6 is 11.3 Å². The van der Waals surface area contributed by atoms with Crippen molar-refractivity contribution < 1.29 is 9.59 Å². The molecule has 0 N–H and O–H groups in total. The van der Waals surface area contributed by atoms with E-state index in [0.717, 1.165) is 56.2 Å². The third-order valence-corrected chi connectivity index (χ3v) is 5.82. The first kappa shape index (κ1) is 14.8. The number of aryl methyl sites for hydroxylation is 1. The van der Waals surface area contributed by atoms with E-state index in [1.54, 1.807) is 11.3 Å². The lowest BCUT2D eigenvalue weighted by molar-refractivity contribution is -0.127. The summed E-state index contributed by atoms with van der Waals surface area (Å²) in [5, 5.41) is 3.98. The Morgan fingerprint density at radius 2 is 2.00 bits per heavy atom. The summed E-state index contributed by atoms with van der Waals surface area (Å²) in [5.41, 5.74) is 1.89. The minimum Gasteiger partial charge on any atom is -0.335 e. The largest absolute Gasteiger partial charge is 0.335 e. The number of carbonyl (C=O) groups excluding carboxylic acids is 2. The molecule has 1 aliphatic carbocycles. The monoisotopic (exact) mass is 305 g/mol. The number of hydrogen-bond acceptors (Lipinski definition) is 3. The summed E-state index contributed by atoms with van der Waals surface area (Å²) in [6, 6.07) is 0.137. The van der Waals surface area contributed by atoms with Crippen LogP contribution in [0.25, 0.3) is 0 Å². The van der Waals surface area contributed by atoms with Crippen LogP contribution in [0.5, 0.6) is 0 Å². The molecule has 0 aromatic carbocycles. The van der Waals surface area contributed by atoms with Crippen molar-refractivity contribution in [3.63, 3.8) is 0 Å². The van der Waals surface area contributed by atoms with Crippen LogP contribution in [0, 0.1) is 12.8 Å². The average molecular weight is 305 g/mol. The second-order valence-corrected chi connectivity index (χ2v) is 7.09. The van der Waals surface area contributed by atoms with Crippen molar-refractivity contribution in [2.45, 2.75) is 57.9 Å². The Balaban J connectivity index is 1.82. The summed E-state index contributed by atoms with van der Waals surface area (Å²) in [6.07, 6.45) is 7.03. The van der Waals surface area contributed by atoms with E-state index >= 15 is 0 Å². The number of carbonyl (C=O) groups is 2. The first-order valence-corrected chi connectivity index (χ1v) is 8.99. The summed E-state index contributed by atoms with van der Waals surface area (Å²) in [4.78, 5) is 27.1. The Morgan fingerprint density at radius 1 is 1.19 bits per heavy atom. The molecule has 0 spiro atoms. The quantitative estimate of drug-likeness (QED) is 0.833. The Bertz CT molecular complexity index is 537. The van der Waals surface area contributed by atoms with Gasteiger partial charge in [-0.1, -0.05) is 6.42 Å². The molecule has 3 rings (SSSR count). The Morgan fingerprint density at radius 3 is 2.71 bits per heavy atom. The van der Waals surface area contributed by atoms with Crippen LogP contribution in [-0.4, -0.2) is 29.2 Å². The number of nitrogens with zero attached hydrogens (tertiary/aromatic N) is 1. The maximum atomic E-state index is 12.9. The number of piperidine rings is 1. The fourth-order valence-corrected chi connectivity index (χ4v) is 4.60. The van der Waals surface area contributed by atoms with Gasteiger partial charge in [-0.3, -0.25) is 9.59 Å². The summed E-state index contributed by atoms with van der Waals surface area (Å²) < 4.78 is 0. The first-order valence-electron chi connectivity index (χ1n) is 8.05. The Hall–Kier alpha value is -1.16. The van der Waals surface area contributed by atoms with E-state index in [0.29, 0.717) is 12.2 Å². The van der Waals surface area contributed by atoms with Crippen molar-refractivity contribution in [1.29, 1.82) is 0 Å². The van der Waals surface area contributed by atoms with Crippen LogP contribution in [0.3, 0.4) is 0 Å². The second-order valence-electron chi connectivity index (χ2n) is 6.35. The molecular formula is C17H23NO2S. The van der Waals surface area contributed by atoms with Crippen LogP contribution in [0.2, 0.25) is 0 Å². The van der Waals surface area contributed by atoms with Gasteiger partial charge in [-0.05, 0) is 50.0 Å². The molecule has 2 heterocycles. The van der Waals surface area contributed by atoms with Crippen LogP contribution in [-0.2, 0) is 4.79 Å². The van der Waals surface area contributed by atoms with Crippen LogP contribution < -0.4 is 0 Å². The molecule has 1 aromatic heterocycles. The Kier molecular flexibility index (Phi) is 4.43. The molecule has 2 fully saturated rings. The van der Waals surface area contributed by atoms with Gasteiger partial charge in [0.15, 0.2) is 0 Å². The maximum Gasteiger partial charge on any atom is 0.255 e. The topological polar surface area (TPSA) is 37.4 Å². The van der Waals surface area contributed by atoms with E-state index in [1.165, 1.54) is 0 Å².